The number of para-hydroxylation sites is 1. The van der Waals surface area contributed by atoms with Crippen molar-refractivity contribution in [2.24, 2.45) is 0 Å². The van der Waals surface area contributed by atoms with Gasteiger partial charge in [0.2, 0.25) is 0 Å². The third-order valence-electron chi connectivity index (χ3n) is 4.80. The van der Waals surface area contributed by atoms with Crippen LogP contribution in [0.4, 0.5) is 11.4 Å². The SMILES string of the molecule is [C-]#[N+]c1ccc(-c2cccc3c(OC)c(N4CCNCC4)cnc23)cc1. The number of fused-ring (bicyclic) bond motifs is 1. The summed E-state index contributed by atoms with van der Waals surface area (Å²) in [6.07, 6.45) is 1.92. The quantitative estimate of drug-likeness (QED) is 0.733. The van der Waals surface area contributed by atoms with E-state index >= 15 is 0 Å². The number of pyridine rings is 1. The Balaban J connectivity index is 1.85. The van der Waals surface area contributed by atoms with Gasteiger partial charge >= 0.3 is 0 Å². The van der Waals surface area contributed by atoms with Crippen LogP contribution in [-0.4, -0.2) is 38.3 Å². The molecule has 0 amide bonds. The van der Waals surface area contributed by atoms with Crippen molar-refractivity contribution < 1.29 is 4.74 Å². The molecule has 2 heterocycles. The van der Waals surface area contributed by atoms with Crippen LogP contribution in [0.3, 0.4) is 0 Å². The largest absolute Gasteiger partial charge is 0.494 e. The third-order valence-corrected chi connectivity index (χ3v) is 4.80. The molecule has 0 atom stereocenters. The summed E-state index contributed by atoms with van der Waals surface area (Å²) < 4.78 is 5.80. The van der Waals surface area contributed by atoms with Gasteiger partial charge < -0.3 is 15.0 Å². The minimum atomic E-state index is 0.639. The Morgan fingerprint density at radius 3 is 2.58 bits per heavy atom. The average Bonchev–Trinajstić information content (AvgIpc) is 2.73. The summed E-state index contributed by atoms with van der Waals surface area (Å²) in [5.74, 6) is 0.872. The lowest BCUT2D eigenvalue weighted by atomic mass is 10.0. The van der Waals surface area contributed by atoms with Gasteiger partial charge in [-0.25, -0.2) is 4.85 Å². The van der Waals surface area contributed by atoms with Gasteiger partial charge in [0.05, 0.1) is 31.1 Å². The molecule has 26 heavy (non-hydrogen) atoms. The molecule has 0 unspecified atom stereocenters. The highest BCUT2D eigenvalue weighted by Gasteiger charge is 2.19. The molecule has 1 fully saturated rings. The molecule has 1 saturated heterocycles. The summed E-state index contributed by atoms with van der Waals surface area (Å²) in [6, 6.07) is 13.8. The summed E-state index contributed by atoms with van der Waals surface area (Å²) in [5.41, 5.74) is 4.69. The number of nitrogens with one attached hydrogen (secondary N) is 1. The van der Waals surface area contributed by atoms with Gasteiger partial charge in [0, 0.05) is 37.1 Å². The van der Waals surface area contributed by atoms with Gasteiger partial charge in [0.15, 0.2) is 11.4 Å². The molecule has 0 saturated carbocycles. The third kappa shape index (κ3) is 2.85. The highest BCUT2D eigenvalue weighted by Crippen LogP contribution is 2.38. The summed E-state index contributed by atoms with van der Waals surface area (Å²) >= 11 is 0. The highest BCUT2D eigenvalue weighted by atomic mass is 16.5. The topological polar surface area (TPSA) is 41.8 Å². The van der Waals surface area contributed by atoms with Crippen molar-refractivity contribution in [3.8, 4) is 16.9 Å². The molecule has 1 N–H and O–H groups in total. The standard InChI is InChI=1S/C21H20N4O/c1-22-16-8-6-15(7-9-16)17-4-3-5-18-20(17)24-14-19(21(18)26-2)25-12-10-23-11-13-25/h3-9,14,23H,10-13H2,2H3. The van der Waals surface area contributed by atoms with Crippen molar-refractivity contribution in [1.82, 2.24) is 10.3 Å². The van der Waals surface area contributed by atoms with E-state index in [2.05, 4.69) is 27.2 Å². The van der Waals surface area contributed by atoms with Crippen molar-refractivity contribution in [2.45, 2.75) is 0 Å². The molecule has 2 aromatic carbocycles. The van der Waals surface area contributed by atoms with E-state index in [1.807, 2.05) is 36.5 Å². The van der Waals surface area contributed by atoms with Gasteiger partial charge in [-0.1, -0.05) is 36.4 Å². The van der Waals surface area contributed by atoms with E-state index in [-0.39, 0.29) is 0 Å². The lowest BCUT2D eigenvalue weighted by Crippen LogP contribution is -2.43. The van der Waals surface area contributed by atoms with E-state index in [0.717, 1.165) is 59.6 Å². The second-order valence-electron chi connectivity index (χ2n) is 6.27. The lowest BCUT2D eigenvalue weighted by Gasteiger charge is -2.30. The Labute approximate surface area is 153 Å². The number of anilines is 1. The number of aromatic nitrogens is 1. The van der Waals surface area contributed by atoms with E-state index in [1.165, 1.54) is 0 Å². The van der Waals surface area contributed by atoms with Crippen molar-refractivity contribution in [3.63, 3.8) is 0 Å². The number of nitrogens with zero attached hydrogens (tertiary/aromatic N) is 3. The van der Waals surface area contributed by atoms with Crippen molar-refractivity contribution in [3.05, 3.63) is 60.1 Å². The Kier molecular flexibility index (Phi) is 4.42. The van der Waals surface area contributed by atoms with Crippen LogP contribution in [0.5, 0.6) is 5.75 Å². The first-order valence-corrected chi connectivity index (χ1v) is 8.71. The molecular weight excluding hydrogens is 324 g/mol. The molecule has 5 nitrogen and oxygen atoms in total. The zero-order valence-electron chi connectivity index (χ0n) is 14.7. The maximum absolute atomic E-state index is 7.11. The molecule has 4 rings (SSSR count). The Bertz CT molecular complexity index is 970. The molecule has 1 aromatic heterocycles. The summed E-state index contributed by atoms with van der Waals surface area (Å²) in [7, 11) is 1.72. The van der Waals surface area contributed by atoms with Gasteiger partial charge in [-0.3, -0.25) is 4.98 Å². The maximum atomic E-state index is 7.11. The van der Waals surface area contributed by atoms with E-state index in [4.69, 9.17) is 16.3 Å². The van der Waals surface area contributed by atoms with Crippen LogP contribution >= 0.6 is 0 Å². The van der Waals surface area contributed by atoms with E-state index in [1.54, 1.807) is 7.11 Å². The minimum absolute atomic E-state index is 0.639. The minimum Gasteiger partial charge on any atom is -0.494 e. The number of rotatable bonds is 3. The van der Waals surface area contributed by atoms with E-state index < -0.39 is 0 Å². The summed E-state index contributed by atoms with van der Waals surface area (Å²) in [6.45, 7) is 10.9. The van der Waals surface area contributed by atoms with Crippen molar-refractivity contribution in [1.29, 1.82) is 0 Å². The van der Waals surface area contributed by atoms with Crippen LogP contribution in [0.15, 0.2) is 48.7 Å². The zero-order chi connectivity index (χ0) is 17.9. The van der Waals surface area contributed by atoms with Crippen LogP contribution in [0.25, 0.3) is 26.9 Å². The second kappa shape index (κ2) is 7.03. The molecule has 1 aliphatic rings. The first-order chi connectivity index (χ1) is 12.8. The number of piperazine rings is 1. The number of benzene rings is 2. The first kappa shape index (κ1) is 16.4. The fourth-order valence-corrected chi connectivity index (χ4v) is 3.48. The number of ether oxygens (including phenoxy) is 1. The van der Waals surface area contributed by atoms with Gasteiger partial charge in [0.25, 0.3) is 0 Å². The fourth-order valence-electron chi connectivity index (χ4n) is 3.48. The predicted molar refractivity (Wildman–Crippen MR) is 105 cm³/mol. The van der Waals surface area contributed by atoms with Crippen LogP contribution in [0.1, 0.15) is 0 Å². The zero-order valence-corrected chi connectivity index (χ0v) is 14.7. The van der Waals surface area contributed by atoms with Crippen LogP contribution in [0.2, 0.25) is 0 Å². The normalized spacial score (nSPS) is 14.2. The number of methoxy groups -OCH3 is 1. The summed E-state index contributed by atoms with van der Waals surface area (Å²) in [5, 5.41) is 4.38. The Morgan fingerprint density at radius 2 is 1.88 bits per heavy atom. The number of hydrogen-bond donors (Lipinski definition) is 1. The number of hydrogen-bond acceptors (Lipinski definition) is 4. The molecule has 0 radical (unpaired) electrons. The van der Waals surface area contributed by atoms with Crippen LogP contribution in [0, 0.1) is 6.57 Å². The fraction of sp³-hybridized carbons (Fsp3) is 0.238. The van der Waals surface area contributed by atoms with Crippen LogP contribution in [-0.2, 0) is 0 Å². The molecule has 1 aliphatic heterocycles. The predicted octanol–water partition coefficient (Wildman–Crippen LogP) is 3.87. The van der Waals surface area contributed by atoms with Crippen LogP contribution < -0.4 is 15.0 Å². The first-order valence-electron chi connectivity index (χ1n) is 8.71. The van der Waals surface area contributed by atoms with Gasteiger partial charge in [-0.15, -0.1) is 0 Å². The van der Waals surface area contributed by atoms with Crippen molar-refractivity contribution in [2.75, 3.05) is 38.2 Å². The molecule has 0 bridgehead atoms. The molecule has 130 valence electrons. The smallest absolute Gasteiger partial charge is 0.187 e. The molecule has 0 aliphatic carbocycles. The molecular formula is C21H20N4O. The highest BCUT2D eigenvalue weighted by molar-refractivity contribution is 5.99. The summed E-state index contributed by atoms with van der Waals surface area (Å²) in [4.78, 5) is 10.6. The second-order valence-corrected chi connectivity index (χ2v) is 6.27. The lowest BCUT2D eigenvalue weighted by molar-refractivity contribution is 0.417. The van der Waals surface area contributed by atoms with Gasteiger partial charge in [0.1, 0.15) is 0 Å². The van der Waals surface area contributed by atoms with Gasteiger partial charge in [-0.2, -0.15) is 0 Å². The molecule has 0 spiro atoms. The maximum Gasteiger partial charge on any atom is 0.187 e. The average molecular weight is 344 g/mol. The molecule has 3 aromatic rings. The Hall–Kier alpha value is -3.10. The Morgan fingerprint density at radius 1 is 1.12 bits per heavy atom. The molecule has 5 heteroatoms. The monoisotopic (exact) mass is 344 g/mol. The van der Waals surface area contributed by atoms with E-state index in [0.29, 0.717) is 5.69 Å². The van der Waals surface area contributed by atoms with Crippen molar-refractivity contribution >= 4 is 22.3 Å². The van der Waals surface area contributed by atoms with E-state index in [9.17, 15) is 0 Å². The van der Waals surface area contributed by atoms with Gasteiger partial charge in [-0.05, 0) is 11.6 Å².